The molecule has 0 radical (unpaired) electrons. The molecule has 4 rings (SSSR count). The zero-order valence-corrected chi connectivity index (χ0v) is 20.1. The zero-order chi connectivity index (χ0) is 23.0. The van der Waals surface area contributed by atoms with Crippen molar-refractivity contribution >= 4 is 45.5 Å². The number of likely N-dealkylation sites (tertiary alicyclic amines) is 1. The highest BCUT2D eigenvalue weighted by atomic mass is 127. The van der Waals surface area contributed by atoms with Gasteiger partial charge in [-0.3, -0.25) is 9.59 Å². The second-order valence-electron chi connectivity index (χ2n) is 8.63. The first-order valence-electron chi connectivity index (χ1n) is 10.7. The summed E-state index contributed by atoms with van der Waals surface area (Å²) < 4.78 is 20.3. The smallest absolute Gasteiger partial charge is 0.251 e. The Labute approximate surface area is 199 Å². The van der Waals surface area contributed by atoms with Gasteiger partial charge in [0.15, 0.2) is 11.5 Å². The number of nitrogens with zero attached hydrogens (tertiary/aromatic N) is 2. The number of rotatable bonds is 5. The molecule has 1 fully saturated rings. The SMILES string of the molecule is CC(C)CC(=O)N1CCC(c2nc3cc(-c4ccc(C(N)=O)c(F)c4)ccc3o2)CC1I. The van der Waals surface area contributed by atoms with Crippen LogP contribution in [0.1, 0.15) is 55.3 Å². The topological polar surface area (TPSA) is 89.4 Å². The van der Waals surface area contributed by atoms with Gasteiger partial charge in [0.2, 0.25) is 5.91 Å². The molecule has 3 aromatic rings. The van der Waals surface area contributed by atoms with Crippen LogP contribution in [0.3, 0.4) is 0 Å². The molecule has 2 atom stereocenters. The number of benzene rings is 2. The number of primary amides is 1. The van der Waals surface area contributed by atoms with Crippen LogP contribution in [-0.4, -0.2) is 32.3 Å². The number of fused-ring (bicyclic) bond motifs is 1. The zero-order valence-electron chi connectivity index (χ0n) is 18.0. The first kappa shape index (κ1) is 22.7. The number of carbonyl (C=O) groups is 2. The molecule has 2 N–H and O–H groups in total. The summed E-state index contributed by atoms with van der Waals surface area (Å²) in [4.78, 5) is 30.4. The van der Waals surface area contributed by atoms with E-state index in [-0.39, 0.29) is 21.4 Å². The highest BCUT2D eigenvalue weighted by Crippen LogP contribution is 2.36. The van der Waals surface area contributed by atoms with Crippen LogP contribution in [0.5, 0.6) is 0 Å². The van der Waals surface area contributed by atoms with Crippen LogP contribution in [0.25, 0.3) is 22.2 Å². The molecular weight excluding hydrogens is 524 g/mol. The van der Waals surface area contributed by atoms with E-state index in [9.17, 15) is 14.0 Å². The normalized spacial score (nSPS) is 19.0. The number of aromatic nitrogens is 1. The van der Waals surface area contributed by atoms with Crippen LogP contribution < -0.4 is 5.73 Å². The molecule has 0 aliphatic carbocycles. The lowest BCUT2D eigenvalue weighted by Gasteiger charge is -2.35. The maximum Gasteiger partial charge on any atom is 0.251 e. The summed E-state index contributed by atoms with van der Waals surface area (Å²) in [7, 11) is 0. The van der Waals surface area contributed by atoms with Crippen molar-refractivity contribution in [1.29, 1.82) is 0 Å². The molecule has 1 saturated heterocycles. The number of nitrogens with two attached hydrogens (primary N) is 1. The fraction of sp³-hybridized carbons (Fsp3) is 0.375. The number of hydrogen-bond acceptors (Lipinski definition) is 4. The van der Waals surface area contributed by atoms with Gasteiger partial charge in [0.1, 0.15) is 11.3 Å². The molecule has 0 bridgehead atoms. The van der Waals surface area contributed by atoms with E-state index in [4.69, 9.17) is 15.1 Å². The number of hydrogen-bond donors (Lipinski definition) is 1. The monoisotopic (exact) mass is 549 g/mol. The van der Waals surface area contributed by atoms with E-state index in [0.29, 0.717) is 41.4 Å². The van der Waals surface area contributed by atoms with Crippen LogP contribution in [0.15, 0.2) is 40.8 Å². The minimum Gasteiger partial charge on any atom is -0.440 e. The van der Waals surface area contributed by atoms with Crippen LogP contribution in [-0.2, 0) is 4.79 Å². The predicted molar refractivity (Wildman–Crippen MR) is 129 cm³/mol. The van der Waals surface area contributed by atoms with Gasteiger partial charge in [-0.25, -0.2) is 9.37 Å². The quantitative estimate of drug-likeness (QED) is 0.268. The molecule has 2 amide bonds. The highest BCUT2D eigenvalue weighted by Gasteiger charge is 2.33. The van der Waals surface area contributed by atoms with Gasteiger partial charge in [-0.1, -0.05) is 48.6 Å². The Morgan fingerprint density at radius 1 is 1.25 bits per heavy atom. The predicted octanol–water partition coefficient (Wildman–Crippen LogP) is 5.25. The minimum absolute atomic E-state index is 0.106. The molecule has 0 spiro atoms. The van der Waals surface area contributed by atoms with E-state index in [1.54, 1.807) is 6.07 Å². The number of alkyl halides is 1. The summed E-state index contributed by atoms with van der Waals surface area (Å²) in [6.07, 6.45) is 2.17. The summed E-state index contributed by atoms with van der Waals surface area (Å²) in [5.74, 6) is -0.0858. The van der Waals surface area contributed by atoms with Gasteiger partial charge in [-0.15, -0.1) is 0 Å². The Hall–Kier alpha value is -2.49. The van der Waals surface area contributed by atoms with Crippen LogP contribution >= 0.6 is 22.6 Å². The summed E-state index contributed by atoms with van der Waals surface area (Å²) in [5.41, 5.74) is 7.81. The lowest BCUT2D eigenvalue weighted by molar-refractivity contribution is -0.133. The van der Waals surface area contributed by atoms with Crippen LogP contribution in [0.4, 0.5) is 4.39 Å². The molecule has 1 aliphatic rings. The van der Waals surface area contributed by atoms with Gasteiger partial charge in [-0.2, -0.15) is 0 Å². The van der Waals surface area contributed by atoms with Gasteiger partial charge < -0.3 is 15.1 Å². The maximum absolute atomic E-state index is 14.2. The number of carbonyl (C=O) groups excluding carboxylic acids is 2. The van der Waals surface area contributed by atoms with E-state index >= 15 is 0 Å². The van der Waals surface area contributed by atoms with E-state index < -0.39 is 11.7 Å². The van der Waals surface area contributed by atoms with Gasteiger partial charge in [-0.05, 0) is 54.2 Å². The van der Waals surface area contributed by atoms with Crippen LogP contribution in [0.2, 0.25) is 0 Å². The third-order valence-electron chi connectivity index (χ3n) is 5.76. The number of oxazole rings is 1. The molecule has 2 unspecified atom stereocenters. The third kappa shape index (κ3) is 4.65. The van der Waals surface area contributed by atoms with Crippen molar-refractivity contribution in [2.75, 3.05) is 6.54 Å². The molecule has 6 nitrogen and oxygen atoms in total. The maximum atomic E-state index is 14.2. The summed E-state index contributed by atoms with van der Waals surface area (Å²) in [5, 5.41) is 0. The minimum atomic E-state index is -0.795. The van der Waals surface area contributed by atoms with E-state index in [2.05, 4.69) is 36.4 Å². The van der Waals surface area contributed by atoms with Crippen molar-refractivity contribution in [3.63, 3.8) is 0 Å². The van der Waals surface area contributed by atoms with Crippen molar-refractivity contribution in [2.24, 2.45) is 11.7 Å². The van der Waals surface area contributed by atoms with Crippen molar-refractivity contribution in [2.45, 2.75) is 43.1 Å². The first-order valence-corrected chi connectivity index (χ1v) is 11.9. The molecule has 168 valence electrons. The van der Waals surface area contributed by atoms with Gasteiger partial charge in [0.05, 0.1) is 9.61 Å². The molecule has 8 heteroatoms. The van der Waals surface area contributed by atoms with Crippen molar-refractivity contribution in [3.8, 4) is 11.1 Å². The Kier molecular flexibility index (Phi) is 6.50. The summed E-state index contributed by atoms with van der Waals surface area (Å²) in [6, 6.07) is 9.86. The van der Waals surface area contributed by atoms with Gasteiger partial charge in [0, 0.05) is 18.9 Å². The Bertz CT molecular complexity index is 1180. The highest BCUT2D eigenvalue weighted by molar-refractivity contribution is 14.1. The second-order valence-corrected chi connectivity index (χ2v) is 10.1. The Morgan fingerprint density at radius 3 is 2.62 bits per heavy atom. The number of piperidine rings is 1. The fourth-order valence-corrected chi connectivity index (χ4v) is 5.28. The lowest BCUT2D eigenvalue weighted by atomic mass is 9.96. The standard InChI is InChI=1S/C24H25FIN3O3/c1-13(2)9-22(30)29-8-7-16(12-21(29)26)24-28-19-11-15(4-6-20(19)32-24)14-3-5-17(23(27)31)18(25)10-14/h3-6,10-11,13,16,21H,7-9,12H2,1-2H3,(H2,27,31). The second kappa shape index (κ2) is 9.17. The van der Waals surface area contributed by atoms with E-state index in [1.165, 1.54) is 12.1 Å². The van der Waals surface area contributed by atoms with Crippen molar-refractivity contribution < 1.29 is 18.4 Å². The lowest BCUT2D eigenvalue weighted by Crippen LogP contribution is -2.42. The average molecular weight is 549 g/mol. The molecule has 32 heavy (non-hydrogen) atoms. The van der Waals surface area contributed by atoms with E-state index in [1.807, 2.05) is 23.1 Å². The fourth-order valence-electron chi connectivity index (χ4n) is 4.08. The molecular formula is C24H25FIN3O3. The number of amides is 2. The molecule has 1 aliphatic heterocycles. The largest absolute Gasteiger partial charge is 0.440 e. The van der Waals surface area contributed by atoms with Crippen LogP contribution in [0, 0.1) is 11.7 Å². The summed E-state index contributed by atoms with van der Waals surface area (Å²) in [6.45, 7) is 4.80. The van der Waals surface area contributed by atoms with Crippen molar-refractivity contribution in [1.82, 2.24) is 9.88 Å². The molecule has 1 aromatic heterocycles. The molecule has 2 heterocycles. The third-order valence-corrected chi connectivity index (χ3v) is 6.94. The van der Waals surface area contributed by atoms with E-state index in [0.717, 1.165) is 18.4 Å². The Morgan fingerprint density at radius 2 is 1.97 bits per heavy atom. The average Bonchev–Trinajstić information content (AvgIpc) is 3.16. The first-order chi connectivity index (χ1) is 15.2. The van der Waals surface area contributed by atoms with Gasteiger partial charge >= 0.3 is 0 Å². The molecule has 2 aromatic carbocycles. The molecule has 0 saturated carbocycles. The Balaban J connectivity index is 1.53. The van der Waals surface area contributed by atoms with Gasteiger partial charge in [0.25, 0.3) is 5.91 Å². The van der Waals surface area contributed by atoms with Crippen molar-refractivity contribution in [3.05, 3.63) is 53.7 Å². The summed E-state index contributed by atoms with van der Waals surface area (Å²) >= 11 is 2.33. The number of halogens is 2.